The Hall–Kier alpha value is -1.19. The van der Waals surface area contributed by atoms with Crippen molar-refractivity contribution >= 4 is 5.97 Å². The minimum Gasteiger partial charge on any atom is -0.490 e. The zero-order valence-electron chi connectivity index (χ0n) is 5.11. The third-order valence-corrected chi connectivity index (χ3v) is 1.79. The highest BCUT2D eigenvalue weighted by Crippen LogP contribution is 2.45. The predicted molar refractivity (Wildman–Crippen MR) is 30.1 cm³/mol. The highest BCUT2D eigenvalue weighted by atomic mass is 16.6. The van der Waals surface area contributed by atoms with Crippen molar-refractivity contribution in [3.05, 3.63) is 12.5 Å². The third-order valence-electron chi connectivity index (χ3n) is 1.79. The van der Waals surface area contributed by atoms with Gasteiger partial charge in [0.1, 0.15) is 12.5 Å². The molecule has 2 rings (SSSR count). The van der Waals surface area contributed by atoms with E-state index in [0.29, 0.717) is 6.42 Å². The van der Waals surface area contributed by atoms with Gasteiger partial charge in [-0.15, -0.1) is 0 Å². The van der Waals surface area contributed by atoms with Gasteiger partial charge in [-0.1, -0.05) is 0 Å². The average Bonchev–Trinajstić information content (AvgIpc) is 2.61. The van der Waals surface area contributed by atoms with Gasteiger partial charge in [-0.2, -0.15) is 0 Å². The van der Waals surface area contributed by atoms with E-state index in [9.17, 15) is 4.79 Å². The molecular formula is C6H6O4. The van der Waals surface area contributed by atoms with Crippen molar-refractivity contribution in [2.24, 2.45) is 0 Å². The number of ether oxygens (including phenoxy) is 2. The molecule has 0 amide bonds. The van der Waals surface area contributed by atoms with Gasteiger partial charge < -0.3 is 14.6 Å². The molecule has 2 unspecified atom stereocenters. The molecule has 1 heterocycles. The molecule has 1 N–H and O–H groups in total. The van der Waals surface area contributed by atoms with Crippen LogP contribution < -0.4 is 0 Å². The van der Waals surface area contributed by atoms with E-state index in [-0.39, 0.29) is 6.10 Å². The van der Waals surface area contributed by atoms with Crippen molar-refractivity contribution < 1.29 is 19.4 Å². The molecule has 0 aromatic heterocycles. The lowest BCUT2D eigenvalue weighted by atomic mass is 10.3. The molecule has 0 bridgehead atoms. The van der Waals surface area contributed by atoms with Gasteiger partial charge in [0.15, 0.2) is 6.10 Å². The first-order chi connectivity index (χ1) is 4.76. The summed E-state index contributed by atoms with van der Waals surface area (Å²) in [5, 5.41) is 8.60. The summed E-state index contributed by atoms with van der Waals surface area (Å²) >= 11 is 0. The Kier molecular flexibility index (Phi) is 0.809. The summed E-state index contributed by atoms with van der Waals surface area (Å²) in [6.45, 7) is 0. The van der Waals surface area contributed by atoms with Crippen molar-refractivity contribution in [2.45, 2.75) is 18.1 Å². The number of fused-ring (bicyclic) bond motifs is 1. The fourth-order valence-electron chi connectivity index (χ4n) is 1.05. The summed E-state index contributed by atoms with van der Waals surface area (Å²) < 4.78 is 9.83. The van der Waals surface area contributed by atoms with Crippen LogP contribution >= 0.6 is 0 Å². The Morgan fingerprint density at radius 3 is 3.00 bits per heavy atom. The zero-order valence-corrected chi connectivity index (χ0v) is 5.11. The van der Waals surface area contributed by atoms with E-state index >= 15 is 0 Å². The Morgan fingerprint density at radius 1 is 1.70 bits per heavy atom. The Labute approximate surface area is 57.0 Å². The van der Waals surface area contributed by atoms with Crippen LogP contribution in [0.1, 0.15) is 6.42 Å². The molecule has 2 atom stereocenters. The van der Waals surface area contributed by atoms with Crippen LogP contribution in [0.4, 0.5) is 0 Å². The highest BCUT2D eigenvalue weighted by molar-refractivity contribution is 5.83. The predicted octanol–water partition coefficient (Wildman–Crippen LogP) is 0.100. The van der Waals surface area contributed by atoms with Crippen molar-refractivity contribution in [3.63, 3.8) is 0 Å². The lowest BCUT2D eigenvalue weighted by Gasteiger charge is -2.14. The maximum atomic E-state index is 10.5. The number of carboxylic acids is 1. The second-order valence-corrected chi connectivity index (χ2v) is 2.41. The smallest absolute Gasteiger partial charge is 0.352 e. The van der Waals surface area contributed by atoms with Crippen LogP contribution in [-0.4, -0.2) is 22.8 Å². The molecule has 10 heavy (non-hydrogen) atoms. The molecule has 0 spiro atoms. The number of carbonyl (C=O) groups is 1. The SMILES string of the molecule is O=C(O)C12CC1OC=CO2. The second-order valence-electron chi connectivity index (χ2n) is 2.41. The van der Waals surface area contributed by atoms with Crippen molar-refractivity contribution in [2.75, 3.05) is 0 Å². The molecule has 4 heteroatoms. The van der Waals surface area contributed by atoms with Gasteiger partial charge in [0.2, 0.25) is 5.60 Å². The van der Waals surface area contributed by atoms with Crippen molar-refractivity contribution in [1.29, 1.82) is 0 Å². The second kappa shape index (κ2) is 1.45. The molecular weight excluding hydrogens is 136 g/mol. The van der Waals surface area contributed by atoms with Crippen LogP contribution in [0.2, 0.25) is 0 Å². The minimum atomic E-state index is -1.05. The Morgan fingerprint density at radius 2 is 2.50 bits per heavy atom. The summed E-state index contributed by atoms with van der Waals surface area (Å²) in [5.41, 5.74) is -1.05. The molecule has 0 aromatic rings. The third kappa shape index (κ3) is 0.483. The molecule has 0 aromatic carbocycles. The van der Waals surface area contributed by atoms with E-state index in [2.05, 4.69) is 0 Å². The van der Waals surface area contributed by atoms with Crippen LogP contribution in [0, 0.1) is 0 Å². The number of rotatable bonds is 1. The van der Waals surface area contributed by atoms with E-state index in [0.717, 1.165) is 0 Å². The van der Waals surface area contributed by atoms with E-state index in [4.69, 9.17) is 14.6 Å². The standard InChI is InChI=1S/C6H6O4/c7-5(8)6-3-4(6)9-1-2-10-6/h1-2,4H,3H2,(H,7,8). The van der Waals surface area contributed by atoms with Gasteiger partial charge in [0.05, 0.1) is 0 Å². The largest absolute Gasteiger partial charge is 0.490 e. The lowest BCUT2D eigenvalue weighted by Crippen LogP contribution is -2.30. The number of hydrogen-bond acceptors (Lipinski definition) is 3. The van der Waals surface area contributed by atoms with Gasteiger partial charge in [-0.3, -0.25) is 0 Å². The maximum absolute atomic E-state index is 10.5. The number of hydrogen-bond donors (Lipinski definition) is 1. The fraction of sp³-hybridized carbons (Fsp3) is 0.500. The molecule has 1 aliphatic carbocycles. The number of carboxylic acid groups (broad SMARTS) is 1. The van der Waals surface area contributed by atoms with E-state index in [1.54, 1.807) is 0 Å². The zero-order chi connectivity index (χ0) is 7.19. The molecule has 1 aliphatic heterocycles. The summed E-state index contributed by atoms with van der Waals surface area (Å²) in [4.78, 5) is 10.5. The molecule has 0 radical (unpaired) electrons. The topological polar surface area (TPSA) is 55.8 Å². The van der Waals surface area contributed by atoms with Crippen LogP contribution in [0.25, 0.3) is 0 Å². The quantitative estimate of drug-likeness (QED) is 0.564. The summed E-state index contributed by atoms with van der Waals surface area (Å²) in [6.07, 6.45) is 2.83. The average molecular weight is 142 g/mol. The Balaban J connectivity index is 2.21. The summed E-state index contributed by atoms with van der Waals surface area (Å²) in [6, 6.07) is 0. The van der Waals surface area contributed by atoms with Gasteiger partial charge in [-0.25, -0.2) is 4.79 Å². The summed E-state index contributed by atoms with van der Waals surface area (Å²) in [7, 11) is 0. The number of aliphatic carboxylic acids is 1. The van der Waals surface area contributed by atoms with E-state index in [1.165, 1.54) is 12.5 Å². The van der Waals surface area contributed by atoms with Gasteiger partial charge in [-0.05, 0) is 0 Å². The normalized spacial score (nSPS) is 41.0. The van der Waals surface area contributed by atoms with Gasteiger partial charge >= 0.3 is 5.97 Å². The molecule has 2 aliphatic rings. The first-order valence-corrected chi connectivity index (χ1v) is 2.97. The molecule has 0 saturated heterocycles. The van der Waals surface area contributed by atoms with Crippen LogP contribution in [0.5, 0.6) is 0 Å². The molecule has 4 nitrogen and oxygen atoms in total. The minimum absolute atomic E-state index is 0.269. The Bertz CT molecular complexity index is 210. The first kappa shape index (κ1) is 5.58. The molecule has 1 saturated carbocycles. The van der Waals surface area contributed by atoms with Gasteiger partial charge in [0, 0.05) is 6.42 Å². The van der Waals surface area contributed by atoms with Gasteiger partial charge in [0.25, 0.3) is 0 Å². The van der Waals surface area contributed by atoms with E-state index < -0.39 is 11.6 Å². The van der Waals surface area contributed by atoms with Crippen LogP contribution in [0.3, 0.4) is 0 Å². The highest BCUT2D eigenvalue weighted by Gasteiger charge is 2.66. The molecule has 54 valence electrons. The fourth-order valence-corrected chi connectivity index (χ4v) is 1.05. The lowest BCUT2D eigenvalue weighted by molar-refractivity contribution is -0.153. The first-order valence-electron chi connectivity index (χ1n) is 2.97. The monoisotopic (exact) mass is 142 g/mol. The van der Waals surface area contributed by atoms with Crippen molar-refractivity contribution in [1.82, 2.24) is 0 Å². The van der Waals surface area contributed by atoms with Crippen molar-refractivity contribution in [3.8, 4) is 0 Å². The molecule has 1 fully saturated rings. The summed E-state index contributed by atoms with van der Waals surface area (Å²) in [5.74, 6) is -0.943. The van der Waals surface area contributed by atoms with E-state index in [1.807, 2.05) is 0 Å². The van der Waals surface area contributed by atoms with Crippen LogP contribution in [0.15, 0.2) is 12.5 Å². The van der Waals surface area contributed by atoms with Crippen LogP contribution in [-0.2, 0) is 14.3 Å². The maximum Gasteiger partial charge on any atom is 0.352 e.